The minimum absolute atomic E-state index is 0.0456. The first kappa shape index (κ1) is 16.0. The Bertz CT molecular complexity index is 1190. The highest BCUT2D eigenvalue weighted by molar-refractivity contribution is 5.89. The molecule has 0 amide bonds. The molecule has 0 unspecified atom stereocenters. The maximum atomic E-state index is 12.4. The molecule has 2 aromatic heterocycles. The first-order valence-electron chi connectivity index (χ1n) is 8.12. The molecule has 4 rings (SSSR count). The average molecular weight is 348 g/mol. The number of rotatable bonds is 3. The summed E-state index contributed by atoms with van der Waals surface area (Å²) in [7, 11) is 1.64. The van der Waals surface area contributed by atoms with Crippen LogP contribution in [0.1, 0.15) is 21.7 Å². The zero-order chi connectivity index (χ0) is 18.3. The van der Waals surface area contributed by atoms with Crippen LogP contribution in [-0.2, 0) is 18.4 Å². The molecule has 2 heterocycles. The summed E-state index contributed by atoms with van der Waals surface area (Å²) in [4.78, 5) is 24.7. The van der Waals surface area contributed by atoms with E-state index in [9.17, 15) is 9.59 Å². The second-order valence-electron chi connectivity index (χ2n) is 6.08. The van der Waals surface area contributed by atoms with Crippen molar-refractivity contribution in [2.24, 2.45) is 7.05 Å². The number of esters is 1. The van der Waals surface area contributed by atoms with Crippen LogP contribution in [-0.4, -0.2) is 25.1 Å². The quantitative estimate of drug-likeness (QED) is 0.531. The average Bonchev–Trinajstić information content (AvgIpc) is 3.09. The predicted molar refractivity (Wildman–Crippen MR) is 96.0 cm³/mol. The molecule has 7 heteroatoms. The van der Waals surface area contributed by atoms with Gasteiger partial charge in [-0.2, -0.15) is 0 Å². The highest BCUT2D eigenvalue weighted by atomic mass is 16.5. The molecule has 7 nitrogen and oxygen atoms in total. The van der Waals surface area contributed by atoms with Crippen molar-refractivity contribution in [2.45, 2.75) is 13.5 Å². The van der Waals surface area contributed by atoms with Crippen LogP contribution in [0.2, 0.25) is 0 Å². The number of carbonyl (C=O) groups excluding carboxylic acids is 1. The van der Waals surface area contributed by atoms with Gasteiger partial charge in [0.05, 0.1) is 16.5 Å². The van der Waals surface area contributed by atoms with E-state index in [-0.39, 0.29) is 12.2 Å². The van der Waals surface area contributed by atoms with Crippen molar-refractivity contribution in [3.8, 4) is 0 Å². The van der Waals surface area contributed by atoms with E-state index >= 15 is 0 Å². The summed E-state index contributed by atoms with van der Waals surface area (Å²) in [5, 5.41) is 8.73. The second kappa shape index (κ2) is 6.11. The minimum atomic E-state index is -0.434. The van der Waals surface area contributed by atoms with E-state index in [4.69, 9.17) is 4.74 Å². The molecule has 0 saturated carbocycles. The first-order valence-corrected chi connectivity index (χ1v) is 8.12. The van der Waals surface area contributed by atoms with Crippen molar-refractivity contribution < 1.29 is 9.53 Å². The van der Waals surface area contributed by atoms with E-state index in [0.29, 0.717) is 28.1 Å². The predicted octanol–water partition coefficient (Wildman–Crippen LogP) is 2.25. The van der Waals surface area contributed by atoms with Gasteiger partial charge in [-0.15, -0.1) is 10.2 Å². The molecule has 2 aromatic carbocycles. The summed E-state index contributed by atoms with van der Waals surface area (Å²) in [6.45, 7) is 1.91. The lowest BCUT2D eigenvalue weighted by atomic mass is 10.1. The third-order valence-electron chi connectivity index (χ3n) is 4.31. The number of para-hydroxylation sites is 1. The van der Waals surface area contributed by atoms with Crippen LogP contribution >= 0.6 is 0 Å². The molecule has 0 bridgehead atoms. The Labute approximate surface area is 148 Å². The Morgan fingerprint density at radius 3 is 2.58 bits per heavy atom. The normalized spacial score (nSPS) is 11.2. The zero-order valence-corrected chi connectivity index (χ0v) is 14.3. The number of nitrogens with zero attached hydrogens (tertiary/aromatic N) is 4. The SMILES string of the molecule is Cc1ccc(C(=O)OCc2nnc3n(C)c(=O)c4ccccc4n23)cc1. The van der Waals surface area contributed by atoms with Crippen LogP contribution in [0, 0.1) is 6.92 Å². The molecule has 0 saturated heterocycles. The van der Waals surface area contributed by atoms with Crippen LogP contribution in [0.25, 0.3) is 16.7 Å². The topological polar surface area (TPSA) is 78.5 Å². The molecule has 130 valence electrons. The van der Waals surface area contributed by atoms with Crippen LogP contribution in [0.4, 0.5) is 0 Å². The molecule has 0 aliphatic heterocycles. The van der Waals surface area contributed by atoms with Gasteiger partial charge in [-0.25, -0.2) is 4.79 Å². The summed E-state index contributed by atoms with van der Waals surface area (Å²) >= 11 is 0. The third-order valence-corrected chi connectivity index (χ3v) is 4.31. The molecule has 0 aliphatic carbocycles. The monoisotopic (exact) mass is 348 g/mol. The number of hydrogen-bond donors (Lipinski definition) is 0. The molecular weight excluding hydrogens is 332 g/mol. The summed E-state index contributed by atoms with van der Waals surface area (Å²) < 4.78 is 8.56. The number of ether oxygens (including phenoxy) is 1. The van der Waals surface area contributed by atoms with E-state index in [1.54, 1.807) is 35.7 Å². The summed E-state index contributed by atoms with van der Waals surface area (Å²) in [6.07, 6.45) is 0. The van der Waals surface area contributed by atoms with Gasteiger partial charge in [-0.1, -0.05) is 29.8 Å². The maximum absolute atomic E-state index is 12.4. The number of carbonyl (C=O) groups is 1. The van der Waals surface area contributed by atoms with E-state index in [1.807, 2.05) is 31.2 Å². The largest absolute Gasteiger partial charge is 0.454 e. The number of aryl methyl sites for hydroxylation is 2. The van der Waals surface area contributed by atoms with Gasteiger partial charge in [-0.3, -0.25) is 13.8 Å². The van der Waals surface area contributed by atoms with Gasteiger partial charge in [0.2, 0.25) is 5.78 Å². The van der Waals surface area contributed by atoms with Crippen molar-refractivity contribution >= 4 is 22.6 Å². The van der Waals surface area contributed by atoms with E-state index < -0.39 is 5.97 Å². The number of aromatic nitrogens is 4. The fraction of sp³-hybridized carbons (Fsp3) is 0.158. The van der Waals surface area contributed by atoms with Gasteiger partial charge >= 0.3 is 5.97 Å². The van der Waals surface area contributed by atoms with Gasteiger partial charge in [0.15, 0.2) is 12.4 Å². The van der Waals surface area contributed by atoms with Crippen LogP contribution < -0.4 is 5.56 Å². The maximum Gasteiger partial charge on any atom is 0.338 e. The van der Waals surface area contributed by atoms with Crippen LogP contribution in [0.15, 0.2) is 53.3 Å². The lowest BCUT2D eigenvalue weighted by Crippen LogP contribution is -2.20. The Morgan fingerprint density at radius 2 is 1.81 bits per heavy atom. The first-order chi connectivity index (χ1) is 12.6. The smallest absolute Gasteiger partial charge is 0.338 e. The van der Waals surface area contributed by atoms with E-state index in [1.165, 1.54) is 4.57 Å². The van der Waals surface area contributed by atoms with Crippen molar-refractivity contribution in [2.75, 3.05) is 0 Å². The van der Waals surface area contributed by atoms with Crippen molar-refractivity contribution in [3.63, 3.8) is 0 Å². The van der Waals surface area contributed by atoms with Gasteiger partial charge in [0.1, 0.15) is 0 Å². The fourth-order valence-corrected chi connectivity index (χ4v) is 2.89. The third kappa shape index (κ3) is 2.54. The Hall–Kier alpha value is -3.48. The summed E-state index contributed by atoms with van der Waals surface area (Å²) in [5.41, 5.74) is 2.07. The highest BCUT2D eigenvalue weighted by Crippen LogP contribution is 2.15. The van der Waals surface area contributed by atoms with Gasteiger partial charge in [-0.05, 0) is 31.2 Å². The fourth-order valence-electron chi connectivity index (χ4n) is 2.89. The lowest BCUT2D eigenvalue weighted by Gasteiger charge is -2.08. The van der Waals surface area contributed by atoms with Crippen molar-refractivity contribution in [3.05, 3.63) is 75.8 Å². The number of benzene rings is 2. The molecule has 0 fully saturated rings. The molecule has 0 radical (unpaired) electrons. The summed E-state index contributed by atoms with van der Waals surface area (Å²) in [5.74, 6) is 0.415. The van der Waals surface area contributed by atoms with Crippen molar-refractivity contribution in [1.29, 1.82) is 0 Å². The molecule has 26 heavy (non-hydrogen) atoms. The molecule has 0 N–H and O–H groups in total. The van der Waals surface area contributed by atoms with Crippen molar-refractivity contribution in [1.82, 2.24) is 19.2 Å². The van der Waals surface area contributed by atoms with Gasteiger partial charge in [0, 0.05) is 7.05 Å². The van der Waals surface area contributed by atoms with Gasteiger partial charge < -0.3 is 4.74 Å². The second-order valence-corrected chi connectivity index (χ2v) is 6.08. The summed E-state index contributed by atoms with van der Waals surface area (Å²) in [6, 6.07) is 14.4. The Morgan fingerprint density at radius 1 is 1.08 bits per heavy atom. The molecule has 0 spiro atoms. The standard InChI is InChI=1S/C19H16N4O3/c1-12-7-9-13(10-8-12)18(25)26-11-16-20-21-19-22(2)17(24)14-5-3-4-6-15(14)23(16)19/h3-10H,11H2,1-2H3. The zero-order valence-electron chi connectivity index (χ0n) is 14.3. The highest BCUT2D eigenvalue weighted by Gasteiger charge is 2.16. The van der Waals surface area contributed by atoms with E-state index in [0.717, 1.165) is 5.56 Å². The number of hydrogen-bond acceptors (Lipinski definition) is 5. The van der Waals surface area contributed by atoms with Gasteiger partial charge in [0.25, 0.3) is 5.56 Å². The Balaban J connectivity index is 1.72. The molecule has 4 aromatic rings. The molecular formula is C19H16N4O3. The van der Waals surface area contributed by atoms with Crippen LogP contribution in [0.5, 0.6) is 0 Å². The van der Waals surface area contributed by atoms with Crippen LogP contribution in [0.3, 0.4) is 0 Å². The minimum Gasteiger partial charge on any atom is -0.454 e. The molecule has 0 aliphatic rings. The Kier molecular flexibility index (Phi) is 3.76. The number of fused-ring (bicyclic) bond motifs is 3. The molecule has 0 atom stereocenters. The van der Waals surface area contributed by atoms with E-state index in [2.05, 4.69) is 10.2 Å². The lowest BCUT2D eigenvalue weighted by molar-refractivity contribution is 0.0461.